The smallest absolute Gasteiger partial charge is 0.178 e. The van der Waals surface area contributed by atoms with Crippen molar-refractivity contribution in [3.05, 3.63) is 72.3 Å². The zero-order chi connectivity index (χ0) is 12.6. The van der Waals surface area contributed by atoms with Crippen LogP contribution in [0, 0.1) is 0 Å². The maximum atomic E-state index is 11.6. The Morgan fingerprint density at radius 3 is 1.72 bits per heavy atom. The van der Waals surface area contributed by atoms with Gasteiger partial charge in [0, 0.05) is 12.4 Å². The van der Waals surface area contributed by atoms with Gasteiger partial charge < -0.3 is 0 Å². The molecule has 0 aliphatic carbocycles. The molecule has 0 fully saturated rings. The maximum Gasteiger partial charge on any atom is 0.178 e. The molecule has 0 N–H and O–H groups in total. The molecule has 0 amide bonds. The number of pyridine rings is 2. The fourth-order valence-corrected chi connectivity index (χ4v) is 1.34. The molecule has 3 nitrogen and oxygen atoms in total. The zero-order valence-corrected chi connectivity index (χ0v) is 9.73. The first-order valence-electron chi connectivity index (χ1n) is 5.57. The summed E-state index contributed by atoms with van der Waals surface area (Å²) in [4.78, 5) is 19.7. The molecule has 2 heterocycles. The van der Waals surface area contributed by atoms with Gasteiger partial charge in [0.25, 0.3) is 0 Å². The largest absolute Gasteiger partial charge is 0.290 e. The normalized spacial score (nSPS) is 11.1. The Morgan fingerprint density at radius 1 is 0.833 bits per heavy atom. The molecule has 0 aromatic carbocycles. The van der Waals surface area contributed by atoms with E-state index in [2.05, 4.69) is 9.97 Å². The van der Waals surface area contributed by atoms with Gasteiger partial charge in [0.05, 0.1) is 11.4 Å². The van der Waals surface area contributed by atoms with E-state index in [1.807, 2.05) is 36.4 Å². The van der Waals surface area contributed by atoms with Gasteiger partial charge in [0.1, 0.15) is 0 Å². The van der Waals surface area contributed by atoms with Crippen LogP contribution in [-0.2, 0) is 4.79 Å². The summed E-state index contributed by atoms with van der Waals surface area (Å²) in [6.45, 7) is 0. The second-order valence-electron chi connectivity index (χ2n) is 3.58. The first-order chi connectivity index (χ1) is 8.84. The lowest BCUT2D eigenvalue weighted by Crippen LogP contribution is -1.86. The van der Waals surface area contributed by atoms with E-state index in [1.165, 1.54) is 12.2 Å². The maximum absolute atomic E-state index is 11.6. The lowest BCUT2D eigenvalue weighted by atomic mass is 10.2. The van der Waals surface area contributed by atoms with Crippen molar-refractivity contribution in [1.82, 2.24) is 9.97 Å². The van der Waals surface area contributed by atoms with Gasteiger partial charge in [0.15, 0.2) is 5.78 Å². The average molecular weight is 236 g/mol. The SMILES string of the molecule is O=C(/C=C/c1ccccn1)/C=C/c1ccccn1. The van der Waals surface area contributed by atoms with Crippen LogP contribution in [0.3, 0.4) is 0 Å². The predicted octanol–water partition coefficient (Wildman–Crippen LogP) is 2.77. The van der Waals surface area contributed by atoms with Crippen LogP contribution < -0.4 is 0 Å². The molecule has 18 heavy (non-hydrogen) atoms. The molecule has 0 saturated carbocycles. The third-order valence-corrected chi connectivity index (χ3v) is 2.21. The van der Waals surface area contributed by atoms with Crippen molar-refractivity contribution in [1.29, 1.82) is 0 Å². The number of allylic oxidation sites excluding steroid dienone is 2. The zero-order valence-electron chi connectivity index (χ0n) is 9.73. The Balaban J connectivity index is 1.97. The number of carbonyl (C=O) groups excluding carboxylic acids is 1. The van der Waals surface area contributed by atoms with Crippen LogP contribution >= 0.6 is 0 Å². The summed E-state index contributed by atoms with van der Waals surface area (Å²) >= 11 is 0. The number of rotatable bonds is 4. The van der Waals surface area contributed by atoms with Gasteiger partial charge >= 0.3 is 0 Å². The minimum absolute atomic E-state index is 0.0914. The molecular formula is C15H12N2O. The third-order valence-electron chi connectivity index (χ3n) is 2.21. The van der Waals surface area contributed by atoms with Crippen molar-refractivity contribution < 1.29 is 4.79 Å². The van der Waals surface area contributed by atoms with Gasteiger partial charge in [-0.2, -0.15) is 0 Å². The van der Waals surface area contributed by atoms with Gasteiger partial charge in [-0.05, 0) is 48.6 Å². The Kier molecular flexibility index (Phi) is 4.14. The molecule has 0 spiro atoms. The summed E-state index contributed by atoms with van der Waals surface area (Å²) < 4.78 is 0. The van der Waals surface area contributed by atoms with Crippen LogP contribution in [0.4, 0.5) is 0 Å². The number of hydrogen-bond acceptors (Lipinski definition) is 3. The molecule has 0 atom stereocenters. The first-order valence-corrected chi connectivity index (χ1v) is 5.57. The fourth-order valence-electron chi connectivity index (χ4n) is 1.34. The predicted molar refractivity (Wildman–Crippen MR) is 71.5 cm³/mol. The van der Waals surface area contributed by atoms with Gasteiger partial charge in [-0.15, -0.1) is 0 Å². The van der Waals surface area contributed by atoms with Crippen LogP contribution in [0.1, 0.15) is 11.4 Å². The summed E-state index contributed by atoms with van der Waals surface area (Å²) in [5.74, 6) is -0.0914. The van der Waals surface area contributed by atoms with Crippen molar-refractivity contribution in [3.8, 4) is 0 Å². The van der Waals surface area contributed by atoms with Crippen LogP contribution in [0.5, 0.6) is 0 Å². The van der Waals surface area contributed by atoms with Crippen LogP contribution in [0.25, 0.3) is 12.2 Å². The molecule has 0 unspecified atom stereocenters. The van der Waals surface area contributed by atoms with Gasteiger partial charge in [0.2, 0.25) is 0 Å². The van der Waals surface area contributed by atoms with Crippen molar-refractivity contribution in [3.63, 3.8) is 0 Å². The number of ketones is 1. The molecule has 3 heteroatoms. The van der Waals surface area contributed by atoms with Crippen LogP contribution in [0.15, 0.2) is 60.9 Å². The van der Waals surface area contributed by atoms with E-state index in [1.54, 1.807) is 24.5 Å². The van der Waals surface area contributed by atoms with Crippen LogP contribution in [-0.4, -0.2) is 15.8 Å². The Labute approximate surface area is 106 Å². The molecule has 0 aliphatic rings. The molecule has 0 radical (unpaired) electrons. The highest BCUT2D eigenvalue weighted by molar-refractivity contribution is 6.04. The lowest BCUT2D eigenvalue weighted by molar-refractivity contribution is -0.110. The Bertz CT molecular complexity index is 508. The fraction of sp³-hybridized carbons (Fsp3) is 0. The highest BCUT2D eigenvalue weighted by Crippen LogP contribution is 1.99. The van der Waals surface area contributed by atoms with Crippen molar-refractivity contribution in [2.45, 2.75) is 0 Å². The van der Waals surface area contributed by atoms with Crippen molar-refractivity contribution in [2.75, 3.05) is 0 Å². The van der Waals surface area contributed by atoms with E-state index >= 15 is 0 Å². The van der Waals surface area contributed by atoms with E-state index < -0.39 is 0 Å². The summed E-state index contributed by atoms with van der Waals surface area (Å²) in [6, 6.07) is 11.1. The molecular weight excluding hydrogens is 224 g/mol. The highest BCUT2D eigenvalue weighted by atomic mass is 16.1. The highest BCUT2D eigenvalue weighted by Gasteiger charge is 1.91. The summed E-state index contributed by atoms with van der Waals surface area (Å²) in [5.41, 5.74) is 1.52. The molecule has 2 aromatic heterocycles. The second kappa shape index (κ2) is 6.25. The van der Waals surface area contributed by atoms with E-state index in [0.29, 0.717) is 0 Å². The first kappa shape index (κ1) is 11.9. The third kappa shape index (κ3) is 3.79. The molecule has 0 aliphatic heterocycles. The van der Waals surface area contributed by atoms with E-state index in [-0.39, 0.29) is 5.78 Å². The lowest BCUT2D eigenvalue weighted by Gasteiger charge is -1.90. The van der Waals surface area contributed by atoms with Gasteiger partial charge in [-0.25, -0.2) is 0 Å². The number of carbonyl (C=O) groups is 1. The molecule has 2 aromatic rings. The van der Waals surface area contributed by atoms with E-state index in [9.17, 15) is 4.79 Å². The summed E-state index contributed by atoms with van der Waals surface area (Å²) in [5, 5.41) is 0. The molecule has 2 rings (SSSR count). The van der Waals surface area contributed by atoms with Crippen molar-refractivity contribution >= 4 is 17.9 Å². The second-order valence-corrected chi connectivity index (χ2v) is 3.58. The minimum atomic E-state index is -0.0914. The van der Waals surface area contributed by atoms with Gasteiger partial charge in [-0.3, -0.25) is 14.8 Å². The standard InChI is InChI=1S/C15H12N2O/c18-15(9-7-13-5-1-3-11-16-13)10-8-14-6-2-4-12-17-14/h1-12H/b9-7+,10-8+. The molecule has 0 saturated heterocycles. The van der Waals surface area contributed by atoms with E-state index in [4.69, 9.17) is 0 Å². The average Bonchev–Trinajstić information content (AvgIpc) is 2.45. The molecule has 0 bridgehead atoms. The molecule has 88 valence electrons. The summed E-state index contributed by atoms with van der Waals surface area (Å²) in [6.07, 6.45) is 9.72. The van der Waals surface area contributed by atoms with Gasteiger partial charge in [-0.1, -0.05) is 12.1 Å². The van der Waals surface area contributed by atoms with E-state index in [0.717, 1.165) is 11.4 Å². The van der Waals surface area contributed by atoms with Crippen molar-refractivity contribution in [2.24, 2.45) is 0 Å². The monoisotopic (exact) mass is 236 g/mol. The minimum Gasteiger partial charge on any atom is -0.290 e. The van der Waals surface area contributed by atoms with Crippen LogP contribution in [0.2, 0.25) is 0 Å². The number of hydrogen-bond donors (Lipinski definition) is 0. The summed E-state index contributed by atoms with van der Waals surface area (Å²) in [7, 11) is 0. The Morgan fingerprint density at radius 2 is 1.33 bits per heavy atom. The quantitative estimate of drug-likeness (QED) is 0.766. The number of nitrogens with zero attached hydrogens (tertiary/aromatic N) is 2. The topological polar surface area (TPSA) is 42.9 Å². The number of aromatic nitrogens is 2. The Hall–Kier alpha value is -2.55.